The van der Waals surface area contributed by atoms with Crippen LogP contribution in [-0.2, 0) is 6.54 Å². The number of carbonyl (C=O) groups is 1. The summed E-state index contributed by atoms with van der Waals surface area (Å²) in [6.45, 7) is 4.55. The van der Waals surface area contributed by atoms with Gasteiger partial charge in [-0.15, -0.1) is 0 Å². The van der Waals surface area contributed by atoms with Crippen molar-refractivity contribution in [1.82, 2.24) is 4.57 Å². The fraction of sp³-hybridized carbons (Fsp3) is 0.286. The molecule has 1 N–H and O–H groups in total. The standard InChI is InChI=1S/C14H14ClNO3/c1-8(2)7-16-12(17)4-3-9-5-10(14(18)19)6-11(15)13(9)16/h3-6,8H,7H2,1-2H3,(H,18,19). The molecule has 2 aromatic rings. The van der Waals surface area contributed by atoms with Gasteiger partial charge in [0.15, 0.2) is 0 Å². The van der Waals surface area contributed by atoms with Crippen molar-refractivity contribution in [3.05, 3.63) is 45.2 Å². The Kier molecular flexibility index (Phi) is 3.62. The van der Waals surface area contributed by atoms with Crippen LogP contribution in [0.25, 0.3) is 10.9 Å². The number of aromatic nitrogens is 1. The van der Waals surface area contributed by atoms with Crippen molar-refractivity contribution in [1.29, 1.82) is 0 Å². The van der Waals surface area contributed by atoms with Crippen LogP contribution in [0.1, 0.15) is 24.2 Å². The summed E-state index contributed by atoms with van der Waals surface area (Å²) < 4.78 is 1.59. The SMILES string of the molecule is CC(C)Cn1c(=O)ccc2cc(C(=O)O)cc(Cl)c21. The molecular weight excluding hydrogens is 266 g/mol. The third kappa shape index (κ3) is 2.63. The maximum Gasteiger partial charge on any atom is 0.335 e. The Morgan fingerprint density at radius 1 is 1.37 bits per heavy atom. The average Bonchev–Trinajstić information content (AvgIpc) is 2.31. The van der Waals surface area contributed by atoms with Gasteiger partial charge in [0.05, 0.1) is 16.1 Å². The average molecular weight is 280 g/mol. The lowest BCUT2D eigenvalue weighted by Crippen LogP contribution is -2.22. The molecule has 2 rings (SSSR count). The van der Waals surface area contributed by atoms with Crippen molar-refractivity contribution in [2.24, 2.45) is 5.92 Å². The molecule has 0 atom stereocenters. The van der Waals surface area contributed by atoms with Gasteiger partial charge in [0.25, 0.3) is 5.56 Å². The predicted molar refractivity (Wildman–Crippen MR) is 75.0 cm³/mol. The van der Waals surface area contributed by atoms with Gasteiger partial charge in [0, 0.05) is 18.0 Å². The Labute approximate surface area is 115 Å². The van der Waals surface area contributed by atoms with Gasteiger partial charge in [0.1, 0.15) is 0 Å². The van der Waals surface area contributed by atoms with E-state index >= 15 is 0 Å². The highest BCUT2D eigenvalue weighted by atomic mass is 35.5. The number of rotatable bonds is 3. The molecule has 0 aliphatic rings. The van der Waals surface area contributed by atoms with Crippen LogP contribution in [0.4, 0.5) is 0 Å². The molecule has 100 valence electrons. The third-order valence-electron chi connectivity index (χ3n) is 2.83. The van der Waals surface area contributed by atoms with Gasteiger partial charge in [-0.1, -0.05) is 25.4 Å². The van der Waals surface area contributed by atoms with Crippen LogP contribution in [0, 0.1) is 5.92 Å². The lowest BCUT2D eigenvalue weighted by atomic mass is 10.1. The summed E-state index contributed by atoms with van der Waals surface area (Å²) in [6, 6.07) is 5.95. The quantitative estimate of drug-likeness (QED) is 0.939. The fourth-order valence-electron chi connectivity index (χ4n) is 2.06. The molecule has 0 fully saturated rings. The number of nitrogens with zero attached hydrogens (tertiary/aromatic N) is 1. The second kappa shape index (κ2) is 5.05. The largest absolute Gasteiger partial charge is 0.478 e. The van der Waals surface area contributed by atoms with E-state index in [2.05, 4.69) is 0 Å². The van der Waals surface area contributed by atoms with E-state index in [4.69, 9.17) is 16.7 Å². The number of fused-ring (bicyclic) bond motifs is 1. The van der Waals surface area contributed by atoms with Gasteiger partial charge in [-0.2, -0.15) is 0 Å². The molecule has 1 aromatic heterocycles. The summed E-state index contributed by atoms with van der Waals surface area (Å²) in [4.78, 5) is 22.9. The van der Waals surface area contributed by atoms with Crippen molar-refractivity contribution in [3.63, 3.8) is 0 Å². The molecule has 19 heavy (non-hydrogen) atoms. The molecule has 0 saturated heterocycles. The van der Waals surface area contributed by atoms with E-state index in [0.717, 1.165) is 0 Å². The van der Waals surface area contributed by atoms with Gasteiger partial charge in [-0.05, 0) is 24.1 Å². The monoisotopic (exact) mass is 279 g/mol. The van der Waals surface area contributed by atoms with Crippen LogP contribution in [0.2, 0.25) is 5.02 Å². The van der Waals surface area contributed by atoms with Gasteiger partial charge < -0.3 is 9.67 Å². The molecule has 1 heterocycles. The van der Waals surface area contributed by atoms with E-state index < -0.39 is 5.97 Å². The molecule has 5 heteroatoms. The first-order chi connectivity index (χ1) is 8.90. The molecule has 4 nitrogen and oxygen atoms in total. The summed E-state index contributed by atoms with van der Waals surface area (Å²) >= 11 is 6.14. The third-order valence-corrected chi connectivity index (χ3v) is 3.12. The van der Waals surface area contributed by atoms with Crippen LogP contribution >= 0.6 is 11.6 Å². The number of aromatic carboxylic acids is 1. The van der Waals surface area contributed by atoms with Crippen LogP contribution in [0.3, 0.4) is 0 Å². The first-order valence-electron chi connectivity index (χ1n) is 5.96. The first kappa shape index (κ1) is 13.6. The number of benzene rings is 1. The second-order valence-electron chi connectivity index (χ2n) is 4.88. The normalized spacial score (nSPS) is 11.2. The molecular formula is C14H14ClNO3. The van der Waals surface area contributed by atoms with E-state index in [0.29, 0.717) is 23.4 Å². The van der Waals surface area contributed by atoms with E-state index in [1.54, 1.807) is 10.6 Å². The highest BCUT2D eigenvalue weighted by Crippen LogP contribution is 2.25. The lowest BCUT2D eigenvalue weighted by Gasteiger charge is -2.14. The zero-order valence-corrected chi connectivity index (χ0v) is 11.4. The Morgan fingerprint density at radius 3 is 2.63 bits per heavy atom. The molecule has 0 aliphatic heterocycles. The molecule has 0 unspecified atom stereocenters. The second-order valence-corrected chi connectivity index (χ2v) is 5.28. The Bertz CT molecular complexity index is 704. The van der Waals surface area contributed by atoms with Crippen LogP contribution < -0.4 is 5.56 Å². The number of halogens is 1. The zero-order chi connectivity index (χ0) is 14.2. The number of carboxylic acids is 1. The lowest BCUT2D eigenvalue weighted by molar-refractivity contribution is 0.0697. The molecule has 0 spiro atoms. The zero-order valence-electron chi connectivity index (χ0n) is 10.7. The van der Waals surface area contributed by atoms with Crippen molar-refractivity contribution in [2.45, 2.75) is 20.4 Å². The van der Waals surface area contributed by atoms with Crippen molar-refractivity contribution in [3.8, 4) is 0 Å². The Balaban J connectivity index is 2.79. The van der Waals surface area contributed by atoms with Gasteiger partial charge in [0.2, 0.25) is 0 Å². The maximum absolute atomic E-state index is 11.9. The number of hydrogen-bond acceptors (Lipinski definition) is 2. The summed E-state index contributed by atoms with van der Waals surface area (Å²) in [5, 5.41) is 9.95. The van der Waals surface area contributed by atoms with Crippen molar-refractivity contribution < 1.29 is 9.90 Å². The smallest absolute Gasteiger partial charge is 0.335 e. The number of hydrogen-bond donors (Lipinski definition) is 1. The van der Waals surface area contributed by atoms with Crippen LogP contribution in [0.15, 0.2) is 29.1 Å². The van der Waals surface area contributed by atoms with E-state index in [9.17, 15) is 9.59 Å². The van der Waals surface area contributed by atoms with Crippen LogP contribution in [0.5, 0.6) is 0 Å². The summed E-state index contributed by atoms with van der Waals surface area (Å²) in [5.41, 5.74) is 0.575. The molecule has 1 aromatic carbocycles. The highest BCUT2D eigenvalue weighted by molar-refractivity contribution is 6.35. The summed E-state index contributed by atoms with van der Waals surface area (Å²) in [5.74, 6) is -0.746. The molecule has 0 radical (unpaired) electrons. The number of pyridine rings is 1. The highest BCUT2D eigenvalue weighted by Gasteiger charge is 2.12. The van der Waals surface area contributed by atoms with Crippen molar-refractivity contribution >= 4 is 28.5 Å². The van der Waals surface area contributed by atoms with Gasteiger partial charge >= 0.3 is 5.97 Å². The summed E-state index contributed by atoms with van der Waals surface area (Å²) in [6.07, 6.45) is 0. The minimum Gasteiger partial charge on any atom is -0.478 e. The number of carboxylic acid groups (broad SMARTS) is 1. The maximum atomic E-state index is 11.9. The predicted octanol–water partition coefficient (Wildman–Crippen LogP) is 3.01. The van der Waals surface area contributed by atoms with Gasteiger partial charge in [-0.3, -0.25) is 4.79 Å². The molecule has 0 saturated carbocycles. The fourth-order valence-corrected chi connectivity index (χ4v) is 2.39. The minimum atomic E-state index is -1.04. The van der Waals surface area contributed by atoms with E-state index in [1.165, 1.54) is 18.2 Å². The Hall–Kier alpha value is -1.81. The first-order valence-corrected chi connectivity index (χ1v) is 6.34. The molecule has 0 aliphatic carbocycles. The topological polar surface area (TPSA) is 59.3 Å². The minimum absolute atomic E-state index is 0.118. The van der Waals surface area contributed by atoms with Crippen molar-refractivity contribution in [2.75, 3.05) is 0 Å². The molecule has 0 amide bonds. The van der Waals surface area contributed by atoms with Crippen LogP contribution in [-0.4, -0.2) is 15.6 Å². The summed E-state index contributed by atoms with van der Waals surface area (Å²) in [7, 11) is 0. The van der Waals surface area contributed by atoms with E-state index in [-0.39, 0.29) is 16.1 Å². The van der Waals surface area contributed by atoms with E-state index in [1.807, 2.05) is 13.8 Å². The van der Waals surface area contributed by atoms with Gasteiger partial charge in [-0.25, -0.2) is 4.79 Å². The molecule has 0 bridgehead atoms. The Morgan fingerprint density at radius 2 is 2.05 bits per heavy atom.